The first-order valence-electron chi connectivity index (χ1n) is 7.65. The minimum atomic E-state index is -4.14. The van der Waals surface area contributed by atoms with Crippen LogP contribution in [0.4, 0.5) is 0 Å². The Hall–Kier alpha value is -3.40. The van der Waals surface area contributed by atoms with Gasteiger partial charge in [-0.2, -0.15) is 8.42 Å². The summed E-state index contributed by atoms with van der Waals surface area (Å²) in [6.45, 7) is -1.06. The van der Waals surface area contributed by atoms with Gasteiger partial charge in [-0.25, -0.2) is 0 Å². The second kappa shape index (κ2) is 8.81. The second-order valence-corrected chi connectivity index (χ2v) is 6.75. The molecule has 2 rings (SSSR count). The third-order valence-corrected chi connectivity index (χ3v) is 4.46. The molecule has 0 unspecified atom stereocenters. The van der Waals surface area contributed by atoms with Crippen LogP contribution in [-0.4, -0.2) is 44.4 Å². The van der Waals surface area contributed by atoms with Crippen molar-refractivity contribution in [3.63, 3.8) is 0 Å². The van der Waals surface area contributed by atoms with E-state index >= 15 is 0 Å². The number of hydrogen-bond donors (Lipinski definition) is 3. The Bertz CT molecular complexity index is 943. The number of carboxylic acid groups (broad SMARTS) is 1. The zero-order valence-electron chi connectivity index (χ0n) is 13.9. The van der Waals surface area contributed by atoms with Crippen LogP contribution >= 0.6 is 0 Å². The summed E-state index contributed by atoms with van der Waals surface area (Å²) in [6, 6.07) is 13.1. The molecule has 0 fully saturated rings. The average Bonchev–Trinajstić information content (AvgIpc) is 2.65. The number of carbonyl (C=O) groups is 3. The van der Waals surface area contributed by atoms with Gasteiger partial charge in [0.15, 0.2) is 5.75 Å². The molecule has 2 aromatic rings. The number of nitrogens with one attached hydrogen (secondary N) is 2. The first kappa shape index (κ1) is 19.9. The van der Waals surface area contributed by atoms with Crippen LogP contribution in [0.5, 0.6) is 5.75 Å². The summed E-state index contributed by atoms with van der Waals surface area (Å²) >= 11 is 0. The molecule has 142 valence electrons. The minimum Gasteiger partial charge on any atom is -0.480 e. The largest absolute Gasteiger partial charge is 0.480 e. The van der Waals surface area contributed by atoms with Crippen LogP contribution in [0.15, 0.2) is 59.5 Å². The SMILES string of the molecule is O=C(O)CNC(=O)CNC(=O)c1ccccc1OS(=O)(=O)c1ccccc1. The van der Waals surface area contributed by atoms with Crippen molar-refractivity contribution in [1.29, 1.82) is 0 Å². The van der Waals surface area contributed by atoms with Crippen LogP contribution in [0.25, 0.3) is 0 Å². The fourth-order valence-electron chi connectivity index (χ4n) is 1.97. The molecule has 0 heterocycles. The molecule has 0 bridgehead atoms. The van der Waals surface area contributed by atoms with Crippen molar-refractivity contribution in [2.24, 2.45) is 0 Å². The van der Waals surface area contributed by atoms with E-state index in [0.717, 1.165) is 0 Å². The maximum Gasteiger partial charge on any atom is 0.339 e. The Morgan fingerprint density at radius 3 is 2.19 bits per heavy atom. The molecule has 0 aliphatic rings. The van der Waals surface area contributed by atoms with E-state index in [1.807, 2.05) is 0 Å². The monoisotopic (exact) mass is 392 g/mol. The molecule has 0 spiro atoms. The molecule has 0 atom stereocenters. The van der Waals surface area contributed by atoms with Gasteiger partial charge in [0.25, 0.3) is 5.91 Å². The maximum atomic E-state index is 12.3. The van der Waals surface area contributed by atoms with Gasteiger partial charge >= 0.3 is 16.1 Å². The third-order valence-electron chi connectivity index (χ3n) is 3.21. The molecule has 2 amide bonds. The molecule has 0 saturated heterocycles. The lowest BCUT2D eigenvalue weighted by molar-refractivity contribution is -0.137. The van der Waals surface area contributed by atoms with E-state index in [1.165, 1.54) is 48.5 Å². The summed E-state index contributed by atoms with van der Waals surface area (Å²) in [6.07, 6.45) is 0. The number of hydrogen-bond acceptors (Lipinski definition) is 6. The summed E-state index contributed by atoms with van der Waals surface area (Å²) in [7, 11) is -4.14. The quantitative estimate of drug-likeness (QED) is 0.552. The van der Waals surface area contributed by atoms with Crippen LogP contribution in [0, 0.1) is 0 Å². The Balaban J connectivity index is 2.10. The number of para-hydroxylation sites is 1. The second-order valence-electron chi connectivity index (χ2n) is 5.20. The van der Waals surface area contributed by atoms with Crippen molar-refractivity contribution in [2.45, 2.75) is 4.90 Å². The maximum absolute atomic E-state index is 12.3. The van der Waals surface area contributed by atoms with E-state index in [0.29, 0.717) is 0 Å². The van der Waals surface area contributed by atoms with E-state index in [2.05, 4.69) is 10.6 Å². The number of amides is 2. The van der Waals surface area contributed by atoms with E-state index in [9.17, 15) is 22.8 Å². The molecule has 27 heavy (non-hydrogen) atoms. The molecular weight excluding hydrogens is 376 g/mol. The van der Waals surface area contributed by atoms with E-state index in [1.54, 1.807) is 6.07 Å². The van der Waals surface area contributed by atoms with Crippen molar-refractivity contribution < 1.29 is 32.1 Å². The van der Waals surface area contributed by atoms with Gasteiger partial charge in [0, 0.05) is 0 Å². The molecule has 0 aromatic heterocycles. The van der Waals surface area contributed by atoms with E-state index < -0.39 is 41.0 Å². The summed E-state index contributed by atoms with van der Waals surface area (Å²) in [5, 5.41) is 12.8. The predicted molar refractivity (Wildman–Crippen MR) is 93.7 cm³/mol. The standard InChI is InChI=1S/C17H16N2O7S/c20-15(18-11-16(21)22)10-19-17(23)13-8-4-5-9-14(13)26-27(24,25)12-6-2-1-3-7-12/h1-9H,10-11H2,(H,18,20)(H,19,23)(H,21,22). The number of carboxylic acids is 1. The number of carbonyl (C=O) groups excluding carboxylic acids is 2. The Labute approximate surface area is 155 Å². The van der Waals surface area contributed by atoms with Crippen molar-refractivity contribution in [1.82, 2.24) is 10.6 Å². The Kier molecular flexibility index (Phi) is 6.50. The van der Waals surface area contributed by atoms with Gasteiger partial charge < -0.3 is 19.9 Å². The zero-order valence-corrected chi connectivity index (χ0v) is 14.7. The highest BCUT2D eigenvalue weighted by atomic mass is 32.2. The highest BCUT2D eigenvalue weighted by molar-refractivity contribution is 7.87. The summed E-state index contributed by atoms with van der Waals surface area (Å²) < 4.78 is 29.7. The molecule has 0 aliphatic carbocycles. The van der Waals surface area contributed by atoms with Gasteiger partial charge in [-0.15, -0.1) is 0 Å². The molecule has 9 nitrogen and oxygen atoms in total. The van der Waals surface area contributed by atoms with Gasteiger partial charge in [0.05, 0.1) is 12.1 Å². The highest BCUT2D eigenvalue weighted by Crippen LogP contribution is 2.22. The van der Waals surface area contributed by atoms with Gasteiger partial charge in [-0.05, 0) is 24.3 Å². The lowest BCUT2D eigenvalue weighted by Crippen LogP contribution is -2.39. The lowest BCUT2D eigenvalue weighted by atomic mass is 10.2. The lowest BCUT2D eigenvalue weighted by Gasteiger charge is -2.11. The first-order valence-corrected chi connectivity index (χ1v) is 9.05. The van der Waals surface area contributed by atoms with Crippen LogP contribution in [0.2, 0.25) is 0 Å². The van der Waals surface area contributed by atoms with Gasteiger partial charge in [0.2, 0.25) is 5.91 Å². The van der Waals surface area contributed by atoms with Gasteiger partial charge in [-0.1, -0.05) is 30.3 Å². The Morgan fingerprint density at radius 2 is 1.52 bits per heavy atom. The average molecular weight is 392 g/mol. The summed E-state index contributed by atoms with van der Waals surface area (Å²) in [5.74, 6) is -2.88. The summed E-state index contributed by atoms with van der Waals surface area (Å²) in [4.78, 5) is 34.0. The third kappa shape index (κ3) is 5.82. The van der Waals surface area contributed by atoms with Crippen molar-refractivity contribution in [3.8, 4) is 5.75 Å². The van der Waals surface area contributed by atoms with Crippen molar-refractivity contribution >= 4 is 27.9 Å². The smallest absolute Gasteiger partial charge is 0.339 e. The fraction of sp³-hybridized carbons (Fsp3) is 0.118. The fourth-order valence-corrected chi connectivity index (χ4v) is 2.94. The summed E-state index contributed by atoms with van der Waals surface area (Å²) in [5.41, 5.74) is -0.0944. The molecular formula is C17H16N2O7S. The minimum absolute atomic E-state index is 0.0757. The van der Waals surface area contributed by atoms with E-state index in [-0.39, 0.29) is 16.2 Å². The van der Waals surface area contributed by atoms with Gasteiger partial charge in [-0.3, -0.25) is 14.4 Å². The number of benzene rings is 2. The highest BCUT2D eigenvalue weighted by Gasteiger charge is 2.21. The predicted octanol–water partition coefficient (Wildman–Crippen LogP) is 0.385. The molecule has 3 N–H and O–H groups in total. The number of aliphatic carboxylic acids is 1. The normalized spacial score (nSPS) is 10.7. The molecule has 0 aliphatic heterocycles. The van der Waals surface area contributed by atoms with Crippen LogP contribution < -0.4 is 14.8 Å². The Morgan fingerprint density at radius 1 is 0.889 bits per heavy atom. The van der Waals surface area contributed by atoms with Crippen LogP contribution in [0.3, 0.4) is 0 Å². The molecule has 2 aromatic carbocycles. The van der Waals surface area contributed by atoms with Crippen LogP contribution in [0.1, 0.15) is 10.4 Å². The van der Waals surface area contributed by atoms with Crippen molar-refractivity contribution in [2.75, 3.05) is 13.1 Å². The first-order chi connectivity index (χ1) is 12.8. The zero-order chi connectivity index (χ0) is 19.9. The van der Waals surface area contributed by atoms with Crippen molar-refractivity contribution in [3.05, 3.63) is 60.2 Å². The topological polar surface area (TPSA) is 139 Å². The molecule has 0 saturated carbocycles. The molecule has 0 radical (unpaired) electrons. The van der Waals surface area contributed by atoms with E-state index in [4.69, 9.17) is 9.29 Å². The molecule has 10 heteroatoms. The number of rotatable bonds is 8. The van der Waals surface area contributed by atoms with Gasteiger partial charge in [0.1, 0.15) is 11.4 Å². The van der Waals surface area contributed by atoms with Crippen LogP contribution in [-0.2, 0) is 19.7 Å².